The molecule has 0 N–H and O–H groups in total. The van der Waals surface area contributed by atoms with Crippen molar-refractivity contribution in [2.75, 3.05) is 0 Å². The van der Waals surface area contributed by atoms with Gasteiger partial charge in [0.2, 0.25) is 0 Å². The van der Waals surface area contributed by atoms with Crippen molar-refractivity contribution in [3.05, 3.63) is 0 Å². The Hall–Kier alpha value is 0.0649. The van der Waals surface area contributed by atoms with E-state index in [1.165, 1.54) is 25.5 Å². The van der Waals surface area contributed by atoms with Crippen molar-refractivity contribution in [1.29, 1.82) is 0 Å². The van der Waals surface area contributed by atoms with E-state index < -0.39 is 0 Å². The van der Waals surface area contributed by atoms with Gasteiger partial charge >= 0.3 is 0 Å². The molecule has 0 saturated carbocycles. The van der Waals surface area contributed by atoms with Crippen molar-refractivity contribution >= 4 is 7.28 Å². The predicted octanol–water partition coefficient (Wildman–Crippen LogP) is 2.59. The van der Waals surface area contributed by atoms with Crippen LogP contribution in [-0.4, -0.2) is 7.28 Å². The van der Waals surface area contributed by atoms with Crippen LogP contribution < -0.4 is 0 Å². The highest BCUT2D eigenvalue weighted by Crippen LogP contribution is 2.23. The first kappa shape index (κ1) is 7.18. The number of hydrogen-bond donors (Lipinski definition) is 0. The highest BCUT2D eigenvalue weighted by atomic mass is 14.1. The molecule has 0 unspecified atom stereocenters. The summed E-state index contributed by atoms with van der Waals surface area (Å²) in [7, 11) is 2.46. The molecule has 2 atom stereocenters. The molecule has 0 nitrogen and oxygen atoms in total. The number of rotatable bonds is 0. The van der Waals surface area contributed by atoms with Crippen molar-refractivity contribution in [2.45, 2.75) is 39.3 Å². The summed E-state index contributed by atoms with van der Waals surface area (Å²) in [6, 6.07) is 0. The van der Waals surface area contributed by atoms with Gasteiger partial charge in [-0.3, -0.25) is 0 Å². The van der Waals surface area contributed by atoms with E-state index in [9.17, 15) is 0 Å². The highest BCUT2D eigenvalue weighted by molar-refractivity contribution is 6.35. The van der Waals surface area contributed by atoms with Crippen molar-refractivity contribution < 1.29 is 0 Å². The molecule has 1 saturated heterocycles. The Morgan fingerprint density at radius 3 is 1.89 bits per heavy atom. The predicted molar refractivity (Wildman–Crippen MR) is 42.9 cm³/mol. The van der Waals surface area contributed by atoms with Crippen LogP contribution in [0.15, 0.2) is 0 Å². The zero-order chi connectivity index (χ0) is 6.69. The summed E-state index contributed by atoms with van der Waals surface area (Å²) in [5.41, 5.74) is 0. The lowest BCUT2D eigenvalue weighted by molar-refractivity contribution is 0.493. The normalized spacial score (nSPS) is 37.1. The van der Waals surface area contributed by atoms with Crippen LogP contribution in [0, 0.1) is 11.8 Å². The molecule has 9 heavy (non-hydrogen) atoms. The molecular weight excluding hydrogens is 107 g/mol. The molecule has 1 heterocycles. The quantitative estimate of drug-likeness (QED) is 0.434. The largest absolute Gasteiger partial charge is 0.110 e. The second kappa shape index (κ2) is 3.29. The van der Waals surface area contributed by atoms with Gasteiger partial charge in [0, 0.05) is 0 Å². The second-order valence-corrected chi connectivity index (χ2v) is 3.55. The monoisotopic (exact) mass is 123 g/mol. The summed E-state index contributed by atoms with van der Waals surface area (Å²) in [5.74, 6) is 1.91. The van der Waals surface area contributed by atoms with Gasteiger partial charge in [0.1, 0.15) is 7.28 Å². The summed E-state index contributed by atoms with van der Waals surface area (Å²) in [6.07, 6.45) is 5.59. The first-order valence-corrected chi connectivity index (χ1v) is 4.10. The van der Waals surface area contributed by atoms with E-state index in [0.717, 1.165) is 11.8 Å². The van der Waals surface area contributed by atoms with Crippen LogP contribution in [-0.2, 0) is 0 Å². The fourth-order valence-corrected chi connectivity index (χ4v) is 1.47. The van der Waals surface area contributed by atoms with E-state index in [1.54, 1.807) is 0 Å². The third kappa shape index (κ3) is 2.42. The minimum atomic E-state index is 0.954. The fraction of sp³-hybridized carbons (Fsp3) is 1.00. The van der Waals surface area contributed by atoms with E-state index in [1.807, 2.05) is 0 Å². The van der Waals surface area contributed by atoms with Gasteiger partial charge in [0.25, 0.3) is 0 Å². The maximum absolute atomic E-state index is 2.46. The Morgan fingerprint density at radius 1 is 1.00 bits per heavy atom. The maximum atomic E-state index is 2.46. The lowest BCUT2D eigenvalue weighted by atomic mass is 9.66. The molecule has 0 spiro atoms. The Kier molecular flexibility index (Phi) is 2.62. The van der Waals surface area contributed by atoms with Crippen LogP contribution in [0.2, 0.25) is 12.6 Å². The standard InChI is InChI=1S/C8H16B/c1-7-3-4-8(2)6-9-5-7/h7-8H,3-6H2,1-2H3/t7-,8+. The topological polar surface area (TPSA) is 0 Å². The van der Waals surface area contributed by atoms with Gasteiger partial charge in [-0.15, -0.1) is 0 Å². The van der Waals surface area contributed by atoms with E-state index in [-0.39, 0.29) is 0 Å². The van der Waals surface area contributed by atoms with Gasteiger partial charge in [0.15, 0.2) is 0 Å². The van der Waals surface area contributed by atoms with Gasteiger partial charge in [-0.1, -0.05) is 51.2 Å². The van der Waals surface area contributed by atoms with E-state index >= 15 is 0 Å². The molecule has 0 amide bonds. The van der Waals surface area contributed by atoms with E-state index in [4.69, 9.17) is 0 Å². The Labute approximate surface area is 59.3 Å². The average Bonchev–Trinajstić information content (AvgIpc) is 1.97. The zero-order valence-electron chi connectivity index (χ0n) is 6.56. The van der Waals surface area contributed by atoms with Gasteiger partial charge in [0.05, 0.1) is 0 Å². The zero-order valence-corrected chi connectivity index (χ0v) is 6.56. The minimum Gasteiger partial charge on any atom is -0.0778 e. The number of hydrogen-bond acceptors (Lipinski definition) is 0. The molecule has 51 valence electrons. The second-order valence-electron chi connectivity index (χ2n) is 3.55. The smallest absolute Gasteiger partial charge is 0.0778 e. The van der Waals surface area contributed by atoms with Crippen molar-refractivity contribution in [3.63, 3.8) is 0 Å². The van der Waals surface area contributed by atoms with Crippen LogP contribution >= 0.6 is 0 Å². The molecule has 1 fully saturated rings. The van der Waals surface area contributed by atoms with Gasteiger partial charge in [-0.05, 0) is 0 Å². The summed E-state index contributed by atoms with van der Waals surface area (Å²) in [6.45, 7) is 4.71. The molecule has 0 aromatic rings. The molecule has 0 aliphatic carbocycles. The van der Waals surface area contributed by atoms with Crippen molar-refractivity contribution in [2.24, 2.45) is 11.8 Å². The molecule has 1 rings (SSSR count). The Balaban J connectivity index is 2.25. The Morgan fingerprint density at radius 2 is 1.44 bits per heavy atom. The average molecular weight is 123 g/mol. The molecule has 0 aromatic carbocycles. The van der Waals surface area contributed by atoms with Crippen LogP contribution in [0.25, 0.3) is 0 Å². The molecule has 0 bridgehead atoms. The third-order valence-electron chi connectivity index (χ3n) is 2.29. The van der Waals surface area contributed by atoms with Crippen LogP contribution in [0.3, 0.4) is 0 Å². The summed E-state index contributed by atoms with van der Waals surface area (Å²) in [5, 5.41) is 0. The molecule has 1 aliphatic rings. The fourth-order valence-electron chi connectivity index (χ4n) is 1.47. The molecule has 0 aromatic heterocycles. The van der Waals surface area contributed by atoms with Gasteiger partial charge in [-0.2, -0.15) is 0 Å². The molecule has 1 heteroatoms. The highest BCUT2D eigenvalue weighted by Gasteiger charge is 2.12. The lowest BCUT2D eigenvalue weighted by Crippen LogP contribution is -1.94. The minimum absolute atomic E-state index is 0.954. The maximum Gasteiger partial charge on any atom is 0.110 e. The summed E-state index contributed by atoms with van der Waals surface area (Å²) in [4.78, 5) is 0. The molecule has 1 aliphatic heterocycles. The first-order valence-electron chi connectivity index (χ1n) is 4.10. The van der Waals surface area contributed by atoms with E-state index in [2.05, 4.69) is 21.1 Å². The molecule has 1 radical (unpaired) electrons. The van der Waals surface area contributed by atoms with Crippen LogP contribution in [0.4, 0.5) is 0 Å². The Bertz CT molecular complexity index is 70.6. The van der Waals surface area contributed by atoms with Crippen molar-refractivity contribution in [3.8, 4) is 0 Å². The lowest BCUT2D eigenvalue weighted by Gasteiger charge is -2.05. The van der Waals surface area contributed by atoms with Crippen LogP contribution in [0.1, 0.15) is 26.7 Å². The first-order chi connectivity index (χ1) is 4.29. The van der Waals surface area contributed by atoms with Gasteiger partial charge in [-0.25, -0.2) is 0 Å². The van der Waals surface area contributed by atoms with Gasteiger partial charge < -0.3 is 0 Å². The van der Waals surface area contributed by atoms with E-state index in [0.29, 0.717) is 0 Å². The molecular formula is C8H16B. The summed E-state index contributed by atoms with van der Waals surface area (Å²) < 4.78 is 0. The summed E-state index contributed by atoms with van der Waals surface area (Å²) >= 11 is 0. The van der Waals surface area contributed by atoms with Crippen molar-refractivity contribution in [1.82, 2.24) is 0 Å². The third-order valence-corrected chi connectivity index (χ3v) is 2.29. The SMILES string of the molecule is C[C@@H]1C[B]C[C@H](C)CC1. The van der Waals surface area contributed by atoms with Crippen LogP contribution in [0.5, 0.6) is 0 Å².